The van der Waals surface area contributed by atoms with Crippen molar-refractivity contribution >= 4 is 11.7 Å². The van der Waals surface area contributed by atoms with Crippen molar-refractivity contribution in [3.05, 3.63) is 108 Å². The maximum absolute atomic E-state index is 13.1. The molecule has 2 atom stereocenters. The van der Waals surface area contributed by atoms with Crippen LogP contribution < -0.4 is 5.32 Å². The fourth-order valence-corrected chi connectivity index (χ4v) is 3.50. The lowest BCUT2D eigenvalue weighted by Gasteiger charge is -2.21. The Morgan fingerprint density at radius 1 is 0.733 bits per heavy atom. The molecule has 2 N–H and O–H groups in total. The Morgan fingerprint density at radius 2 is 1.23 bits per heavy atom. The van der Waals surface area contributed by atoms with Gasteiger partial charge >= 0.3 is 0 Å². The van der Waals surface area contributed by atoms with Crippen molar-refractivity contribution in [2.75, 3.05) is 6.61 Å². The molecule has 0 aliphatic rings. The molecule has 0 saturated carbocycles. The van der Waals surface area contributed by atoms with Crippen LogP contribution in [0.4, 0.5) is 0 Å². The van der Waals surface area contributed by atoms with Crippen molar-refractivity contribution in [3.63, 3.8) is 0 Å². The van der Waals surface area contributed by atoms with Gasteiger partial charge in [-0.1, -0.05) is 78.9 Å². The van der Waals surface area contributed by atoms with Crippen molar-refractivity contribution in [2.45, 2.75) is 25.3 Å². The Kier molecular flexibility index (Phi) is 7.93. The maximum Gasteiger partial charge on any atom is 0.251 e. The zero-order valence-electron chi connectivity index (χ0n) is 16.9. The number of aliphatic hydroxyl groups excluding tert-OH is 1. The molecule has 0 radical (unpaired) electrons. The number of aliphatic hydroxyl groups is 1. The molecule has 0 aromatic heterocycles. The summed E-state index contributed by atoms with van der Waals surface area (Å²) in [6, 6.07) is 27.7. The third-order valence-electron chi connectivity index (χ3n) is 5.13. The van der Waals surface area contributed by atoms with E-state index in [9.17, 15) is 14.7 Å². The van der Waals surface area contributed by atoms with Crippen LogP contribution in [0.2, 0.25) is 0 Å². The molecule has 4 heteroatoms. The minimum Gasteiger partial charge on any atom is -0.396 e. The summed E-state index contributed by atoms with van der Waals surface area (Å²) < 4.78 is 0. The summed E-state index contributed by atoms with van der Waals surface area (Å²) in [4.78, 5) is 25.8. The quantitative estimate of drug-likeness (QED) is 0.542. The number of hydrogen-bond acceptors (Lipinski definition) is 3. The van der Waals surface area contributed by atoms with Gasteiger partial charge in [-0.05, 0) is 42.0 Å². The third-order valence-corrected chi connectivity index (χ3v) is 5.13. The highest BCUT2D eigenvalue weighted by molar-refractivity contribution is 5.98. The molecule has 30 heavy (non-hydrogen) atoms. The van der Waals surface area contributed by atoms with Crippen molar-refractivity contribution in [1.82, 2.24) is 5.32 Å². The molecule has 0 bridgehead atoms. The smallest absolute Gasteiger partial charge is 0.251 e. The predicted octanol–water partition coefficient (Wildman–Crippen LogP) is 3.84. The fourth-order valence-electron chi connectivity index (χ4n) is 3.50. The second-order valence-electron chi connectivity index (χ2n) is 7.49. The Balaban J connectivity index is 1.72. The molecule has 0 fully saturated rings. The number of nitrogens with one attached hydrogen (secondary N) is 1. The molecule has 0 saturated heterocycles. The maximum atomic E-state index is 13.1. The monoisotopic (exact) mass is 401 g/mol. The fraction of sp³-hybridized carbons (Fsp3) is 0.231. The first kappa shape index (κ1) is 21.5. The number of rotatable bonds is 10. The van der Waals surface area contributed by atoms with Crippen LogP contribution in [0.3, 0.4) is 0 Å². The van der Waals surface area contributed by atoms with E-state index >= 15 is 0 Å². The molecule has 0 aliphatic carbocycles. The van der Waals surface area contributed by atoms with Crippen molar-refractivity contribution in [2.24, 2.45) is 5.92 Å². The third kappa shape index (κ3) is 6.39. The number of amides is 1. The van der Waals surface area contributed by atoms with E-state index in [2.05, 4.69) is 5.32 Å². The molecule has 154 valence electrons. The van der Waals surface area contributed by atoms with Crippen LogP contribution in [-0.4, -0.2) is 29.4 Å². The lowest BCUT2D eigenvalue weighted by Crippen LogP contribution is -2.43. The largest absolute Gasteiger partial charge is 0.396 e. The van der Waals surface area contributed by atoms with Gasteiger partial charge in [-0.3, -0.25) is 9.59 Å². The van der Waals surface area contributed by atoms with Crippen LogP contribution in [-0.2, 0) is 17.6 Å². The summed E-state index contributed by atoms with van der Waals surface area (Å²) >= 11 is 0. The van der Waals surface area contributed by atoms with Gasteiger partial charge in [0.2, 0.25) is 0 Å². The lowest BCUT2D eigenvalue weighted by molar-refractivity contribution is -0.122. The van der Waals surface area contributed by atoms with Gasteiger partial charge in [0.1, 0.15) is 0 Å². The molecule has 0 unspecified atom stereocenters. The highest BCUT2D eigenvalue weighted by atomic mass is 16.3. The Morgan fingerprint density at radius 3 is 1.77 bits per heavy atom. The second kappa shape index (κ2) is 11.1. The van der Waals surface area contributed by atoms with Crippen molar-refractivity contribution in [3.8, 4) is 0 Å². The van der Waals surface area contributed by atoms with Gasteiger partial charge in [-0.25, -0.2) is 0 Å². The molecule has 0 heterocycles. The molecule has 0 spiro atoms. The average molecular weight is 402 g/mol. The van der Waals surface area contributed by atoms with Gasteiger partial charge in [0.25, 0.3) is 5.91 Å². The van der Waals surface area contributed by atoms with Gasteiger partial charge in [0, 0.05) is 18.6 Å². The minimum atomic E-state index is -0.648. The summed E-state index contributed by atoms with van der Waals surface area (Å²) in [6.07, 6.45) is 1.24. The molecular weight excluding hydrogens is 374 g/mol. The van der Waals surface area contributed by atoms with Gasteiger partial charge < -0.3 is 10.4 Å². The van der Waals surface area contributed by atoms with Gasteiger partial charge in [-0.15, -0.1) is 0 Å². The molecule has 3 aromatic carbocycles. The van der Waals surface area contributed by atoms with E-state index in [0.717, 1.165) is 11.1 Å². The Bertz CT molecular complexity index is 926. The average Bonchev–Trinajstić information content (AvgIpc) is 2.80. The molecule has 4 nitrogen and oxygen atoms in total. The number of hydrogen-bond donors (Lipinski definition) is 2. The first-order valence-electron chi connectivity index (χ1n) is 10.2. The van der Waals surface area contributed by atoms with Crippen LogP contribution in [0.25, 0.3) is 0 Å². The molecule has 0 aliphatic heterocycles. The summed E-state index contributed by atoms with van der Waals surface area (Å²) in [5.74, 6) is -0.529. The standard InChI is InChI=1S/C26H27NO3/c28-19-22(16-20-10-4-1-5-11-20)18-25(29)24(17-21-12-6-2-7-13-21)27-26(30)23-14-8-3-9-15-23/h1-15,22,24,28H,16-19H2,(H,27,30)/t22-,24+/m1/s1. The van der Waals surface area contributed by atoms with Crippen molar-refractivity contribution in [1.29, 1.82) is 0 Å². The predicted molar refractivity (Wildman–Crippen MR) is 118 cm³/mol. The minimum absolute atomic E-state index is 0.0712. The van der Waals surface area contributed by atoms with E-state index in [-0.39, 0.29) is 30.6 Å². The SMILES string of the molecule is O=C(N[C@@H](Cc1ccccc1)C(=O)C[C@H](CO)Cc1ccccc1)c1ccccc1. The van der Waals surface area contributed by atoms with Crippen LogP contribution in [0.15, 0.2) is 91.0 Å². The zero-order chi connectivity index (χ0) is 21.2. The molecule has 3 rings (SSSR count). The number of carbonyl (C=O) groups is 2. The highest BCUT2D eigenvalue weighted by Crippen LogP contribution is 2.15. The van der Waals surface area contributed by atoms with Gasteiger partial charge in [0.15, 0.2) is 5.78 Å². The Hall–Kier alpha value is -3.24. The first-order valence-corrected chi connectivity index (χ1v) is 10.2. The lowest BCUT2D eigenvalue weighted by atomic mass is 9.90. The normalized spacial score (nSPS) is 12.7. The van der Waals surface area contributed by atoms with E-state index in [1.54, 1.807) is 24.3 Å². The van der Waals surface area contributed by atoms with E-state index in [4.69, 9.17) is 0 Å². The number of ketones is 1. The summed E-state index contributed by atoms with van der Waals surface area (Å²) in [5.41, 5.74) is 2.58. The first-order chi connectivity index (χ1) is 14.7. The van der Waals surface area contributed by atoms with E-state index < -0.39 is 6.04 Å². The van der Waals surface area contributed by atoms with E-state index in [1.165, 1.54) is 0 Å². The number of benzene rings is 3. The second-order valence-corrected chi connectivity index (χ2v) is 7.49. The molecule has 1 amide bonds. The number of Topliss-reactive ketones (excluding diaryl/α,β-unsaturated/α-hetero) is 1. The van der Waals surface area contributed by atoms with Crippen LogP contribution in [0.5, 0.6) is 0 Å². The summed E-state index contributed by atoms with van der Waals surface area (Å²) in [7, 11) is 0. The summed E-state index contributed by atoms with van der Waals surface area (Å²) in [6.45, 7) is -0.0781. The van der Waals surface area contributed by atoms with Crippen LogP contribution in [0, 0.1) is 5.92 Å². The van der Waals surface area contributed by atoms with Gasteiger partial charge in [-0.2, -0.15) is 0 Å². The summed E-state index contributed by atoms with van der Waals surface area (Å²) in [5, 5.41) is 12.7. The Labute approximate surface area is 177 Å². The van der Waals surface area contributed by atoms with Gasteiger partial charge in [0.05, 0.1) is 6.04 Å². The zero-order valence-corrected chi connectivity index (χ0v) is 16.9. The molecule has 3 aromatic rings. The van der Waals surface area contributed by atoms with E-state index in [0.29, 0.717) is 18.4 Å². The van der Waals surface area contributed by atoms with Crippen molar-refractivity contribution < 1.29 is 14.7 Å². The molecular formula is C26H27NO3. The van der Waals surface area contributed by atoms with Crippen LogP contribution in [0.1, 0.15) is 27.9 Å². The number of carbonyl (C=O) groups excluding carboxylic acids is 2. The highest BCUT2D eigenvalue weighted by Gasteiger charge is 2.24. The van der Waals surface area contributed by atoms with Crippen LogP contribution >= 0.6 is 0 Å². The topological polar surface area (TPSA) is 66.4 Å². The van der Waals surface area contributed by atoms with E-state index in [1.807, 2.05) is 66.7 Å².